The zero-order valence-electron chi connectivity index (χ0n) is 10.2. The minimum Gasteiger partial charge on any atom is -0.481 e. The molecular weight excluding hydrogens is 218 g/mol. The number of carboxylic acid groups (broad SMARTS) is 1. The summed E-state index contributed by atoms with van der Waals surface area (Å²) >= 11 is 0. The van der Waals surface area contributed by atoms with Gasteiger partial charge in [-0.15, -0.1) is 0 Å². The van der Waals surface area contributed by atoms with Crippen LogP contribution in [0.2, 0.25) is 0 Å². The van der Waals surface area contributed by atoms with E-state index in [1.165, 1.54) is 19.3 Å². The third kappa shape index (κ3) is 3.09. The predicted molar refractivity (Wildman–Crippen MR) is 64.1 cm³/mol. The fourth-order valence-corrected chi connectivity index (χ4v) is 2.33. The molecule has 17 heavy (non-hydrogen) atoms. The molecule has 2 rings (SSSR count). The van der Waals surface area contributed by atoms with Gasteiger partial charge in [0.15, 0.2) is 0 Å². The fraction of sp³-hybridized carbons (Fsp3) is 0.615. The smallest absolute Gasteiger partial charge is 0.315 e. The van der Waals surface area contributed by atoms with Gasteiger partial charge < -0.3 is 14.4 Å². The molecule has 1 aromatic rings. The van der Waals surface area contributed by atoms with Crippen LogP contribution in [0.4, 0.5) is 0 Å². The quantitative estimate of drug-likeness (QED) is 0.872. The highest BCUT2D eigenvalue weighted by molar-refractivity contribution is 5.75. The van der Waals surface area contributed by atoms with Crippen molar-refractivity contribution in [1.29, 1.82) is 0 Å². The summed E-state index contributed by atoms with van der Waals surface area (Å²) < 4.78 is 5.44. The van der Waals surface area contributed by atoms with Crippen LogP contribution in [0.5, 0.6) is 0 Å². The Morgan fingerprint density at radius 3 is 2.65 bits per heavy atom. The van der Waals surface area contributed by atoms with E-state index in [1.807, 2.05) is 13.0 Å². The van der Waals surface area contributed by atoms with E-state index >= 15 is 0 Å². The monoisotopic (exact) mass is 237 g/mol. The average molecular weight is 237 g/mol. The van der Waals surface area contributed by atoms with E-state index in [0.29, 0.717) is 12.3 Å². The van der Waals surface area contributed by atoms with Gasteiger partial charge in [-0.05, 0) is 45.0 Å². The summed E-state index contributed by atoms with van der Waals surface area (Å²) in [6.07, 6.45) is 3.60. The van der Waals surface area contributed by atoms with Crippen molar-refractivity contribution in [3.05, 3.63) is 23.7 Å². The Labute approximate surface area is 101 Å². The van der Waals surface area contributed by atoms with E-state index in [4.69, 9.17) is 4.42 Å². The first kappa shape index (κ1) is 12.2. The molecule has 2 heterocycles. The lowest BCUT2D eigenvalue weighted by atomic mass is 10.0. The largest absolute Gasteiger partial charge is 0.481 e. The highest BCUT2D eigenvalue weighted by Gasteiger charge is 2.26. The molecule has 0 aromatic carbocycles. The lowest BCUT2D eigenvalue weighted by Gasteiger charge is -2.28. The van der Waals surface area contributed by atoms with Gasteiger partial charge in [0.05, 0.1) is 0 Å². The second kappa shape index (κ2) is 5.36. The minimum atomic E-state index is -0.801. The third-order valence-electron chi connectivity index (χ3n) is 3.29. The number of aliphatic carboxylic acids is 1. The number of likely N-dealkylation sites (tertiary alicyclic amines) is 1. The fourth-order valence-electron chi connectivity index (χ4n) is 2.33. The van der Waals surface area contributed by atoms with Crippen LogP contribution in [0, 0.1) is 6.92 Å². The molecule has 4 heteroatoms. The lowest BCUT2D eigenvalue weighted by Crippen LogP contribution is -2.35. The van der Waals surface area contributed by atoms with Gasteiger partial charge in [-0.1, -0.05) is 6.42 Å². The number of hydrogen-bond acceptors (Lipinski definition) is 3. The van der Waals surface area contributed by atoms with Crippen molar-refractivity contribution in [3.8, 4) is 0 Å². The first-order valence-electron chi connectivity index (χ1n) is 6.18. The molecule has 1 aromatic heterocycles. The SMILES string of the molecule is Cc1ccc(C(CN2CCCCC2)C(=O)O)o1. The van der Waals surface area contributed by atoms with Crippen molar-refractivity contribution >= 4 is 5.97 Å². The summed E-state index contributed by atoms with van der Waals surface area (Å²) in [5.74, 6) is -0.00260. The number of rotatable bonds is 4. The highest BCUT2D eigenvalue weighted by atomic mass is 16.4. The number of nitrogens with zero attached hydrogens (tertiary/aromatic N) is 1. The van der Waals surface area contributed by atoms with Crippen molar-refractivity contribution in [3.63, 3.8) is 0 Å². The number of carboxylic acids is 1. The number of aryl methyl sites for hydroxylation is 1. The van der Waals surface area contributed by atoms with Gasteiger partial charge in [0, 0.05) is 6.54 Å². The van der Waals surface area contributed by atoms with Gasteiger partial charge in [-0.25, -0.2) is 0 Å². The molecule has 1 unspecified atom stereocenters. The van der Waals surface area contributed by atoms with Crippen LogP contribution in [-0.4, -0.2) is 35.6 Å². The Bertz CT molecular complexity index is 380. The number of furan rings is 1. The summed E-state index contributed by atoms with van der Waals surface area (Å²) in [7, 11) is 0. The lowest BCUT2D eigenvalue weighted by molar-refractivity contribution is -0.139. The molecule has 0 saturated carbocycles. The van der Waals surface area contributed by atoms with Crippen molar-refractivity contribution in [2.45, 2.75) is 32.1 Å². The first-order valence-corrected chi connectivity index (χ1v) is 6.18. The van der Waals surface area contributed by atoms with Gasteiger partial charge in [0.2, 0.25) is 0 Å². The minimum absolute atomic E-state index is 0.540. The Kier molecular flexibility index (Phi) is 3.84. The third-order valence-corrected chi connectivity index (χ3v) is 3.29. The molecular formula is C13H19NO3. The maximum absolute atomic E-state index is 11.3. The maximum Gasteiger partial charge on any atom is 0.315 e. The van der Waals surface area contributed by atoms with E-state index in [0.717, 1.165) is 18.8 Å². The Balaban J connectivity index is 2.04. The summed E-state index contributed by atoms with van der Waals surface area (Å²) in [5.41, 5.74) is 0. The molecule has 1 atom stereocenters. The normalized spacial score (nSPS) is 19.1. The molecule has 1 aliphatic heterocycles. The maximum atomic E-state index is 11.3. The molecule has 0 spiro atoms. The molecule has 1 N–H and O–H groups in total. The van der Waals surface area contributed by atoms with Gasteiger partial charge in [-0.3, -0.25) is 4.79 Å². The molecule has 1 saturated heterocycles. The summed E-state index contributed by atoms with van der Waals surface area (Å²) in [6, 6.07) is 3.60. The Morgan fingerprint density at radius 2 is 2.12 bits per heavy atom. The van der Waals surface area contributed by atoms with Crippen LogP contribution in [0.25, 0.3) is 0 Å². The molecule has 0 aliphatic carbocycles. The summed E-state index contributed by atoms with van der Waals surface area (Å²) in [6.45, 7) is 4.40. The summed E-state index contributed by atoms with van der Waals surface area (Å²) in [4.78, 5) is 13.5. The van der Waals surface area contributed by atoms with E-state index in [9.17, 15) is 9.90 Å². The van der Waals surface area contributed by atoms with Crippen molar-refractivity contribution < 1.29 is 14.3 Å². The van der Waals surface area contributed by atoms with E-state index in [2.05, 4.69) is 4.90 Å². The molecule has 0 radical (unpaired) electrons. The van der Waals surface area contributed by atoms with Crippen LogP contribution in [-0.2, 0) is 4.79 Å². The summed E-state index contributed by atoms with van der Waals surface area (Å²) in [5, 5.41) is 9.28. The second-order valence-corrected chi connectivity index (χ2v) is 4.70. The second-order valence-electron chi connectivity index (χ2n) is 4.70. The van der Waals surface area contributed by atoms with Gasteiger partial charge in [0.25, 0.3) is 0 Å². The molecule has 1 aliphatic rings. The first-order chi connectivity index (χ1) is 8.16. The van der Waals surface area contributed by atoms with Crippen molar-refractivity contribution in [2.75, 3.05) is 19.6 Å². The Morgan fingerprint density at radius 1 is 1.41 bits per heavy atom. The molecule has 1 fully saturated rings. The van der Waals surface area contributed by atoms with Crippen LogP contribution >= 0.6 is 0 Å². The molecule has 0 amide bonds. The standard InChI is InChI=1S/C13H19NO3/c1-10-5-6-12(17-10)11(13(15)16)9-14-7-3-2-4-8-14/h5-6,11H,2-4,7-9H2,1H3,(H,15,16). The number of carbonyl (C=O) groups is 1. The highest BCUT2D eigenvalue weighted by Crippen LogP contribution is 2.22. The predicted octanol–water partition coefficient (Wildman–Crippen LogP) is 2.24. The van der Waals surface area contributed by atoms with Gasteiger partial charge >= 0.3 is 5.97 Å². The molecule has 94 valence electrons. The van der Waals surface area contributed by atoms with Crippen molar-refractivity contribution in [2.24, 2.45) is 0 Å². The van der Waals surface area contributed by atoms with Crippen LogP contribution < -0.4 is 0 Å². The zero-order chi connectivity index (χ0) is 12.3. The van der Waals surface area contributed by atoms with Gasteiger partial charge in [0.1, 0.15) is 17.4 Å². The zero-order valence-corrected chi connectivity index (χ0v) is 10.2. The van der Waals surface area contributed by atoms with E-state index in [-0.39, 0.29) is 0 Å². The molecule has 0 bridgehead atoms. The van der Waals surface area contributed by atoms with Crippen LogP contribution in [0.1, 0.15) is 36.7 Å². The van der Waals surface area contributed by atoms with Crippen molar-refractivity contribution in [1.82, 2.24) is 4.90 Å². The van der Waals surface area contributed by atoms with Crippen LogP contribution in [0.15, 0.2) is 16.5 Å². The van der Waals surface area contributed by atoms with E-state index in [1.54, 1.807) is 6.07 Å². The number of hydrogen-bond donors (Lipinski definition) is 1. The van der Waals surface area contributed by atoms with Gasteiger partial charge in [-0.2, -0.15) is 0 Å². The Hall–Kier alpha value is -1.29. The molecule has 4 nitrogen and oxygen atoms in total. The number of piperidine rings is 1. The average Bonchev–Trinajstić information content (AvgIpc) is 2.73. The van der Waals surface area contributed by atoms with E-state index < -0.39 is 11.9 Å². The topological polar surface area (TPSA) is 53.7 Å². The van der Waals surface area contributed by atoms with Crippen LogP contribution in [0.3, 0.4) is 0 Å².